The first kappa shape index (κ1) is 26.0. The van der Waals surface area contributed by atoms with E-state index in [0.717, 1.165) is 13.0 Å². The molecule has 8 nitrogen and oxygen atoms in total. The van der Waals surface area contributed by atoms with E-state index in [9.17, 15) is 14.7 Å². The van der Waals surface area contributed by atoms with E-state index in [2.05, 4.69) is 33.0 Å². The molecule has 1 aliphatic heterocycles. The molecule has 0 spiro atoms. The first-order valence-corrected chi connectivity index (χ1v) is 10.8. The number of aliphatic hydroxyl groups excluding tert-OH is 1. The van der Waals surface area contributed by atoms with Gasteiger partial charge < -0.3 is 29.5 Å². The molecule has 0 aliphatic carbocycles. The zero-order valence-corrected chi connectivity index (χ0v) is 18.5. The monoisotopic (exact) mass is 416 g/mol. The number of amides is 1. The molecular formula is C21H40N2O6. The van der Waals surface area contributed by atoms with Crippen LogP contribution in [0.15, 0.2) is 0 Å². The highest BCUT2D eigenvalue weighted by atomic mass is 16.5. The number of carbonyl (C=O) groups excluding carboxylic acids is 2. The Morgan fingerprint density at radius 2 is 1.66 bits per heavy atom. The Labute approximate surface area is 175 Å². The molecule has 1 fully saturated rings. The van der Waals surface area contributed by atoms with Crippen molar-refractivity contribution in [1.29, 1.82) is 0 Å². The molecule has 1 aliphatic rings. The molecule has 170 valence electrons. The fourth-order valence-corrected chi connectivity index (χ4v) is 3.09. The minimum Gasteiger partial charge on any atom is -0.391 e. The molecule has 2 unspecified atom stereocenters. The van der Waals surface area contributed by atoms with Crippen LogP contribution in [0, 0.1) is 5.92 Å². The maximum atomic E-state index is 12.4. The Morgan fingerprint density at radius 1 is 1.03 bits per heavy atom. The predicted molar refractivity (Wildman–Crippen MR) is 111 cm³/mol. The van der Waals surface area contributed by atoms with Crippen LogP contribution < -0.4 is 5.32 Å². The van der Waals surface area contributed by atoms with Crippen LogP contribution in [-0.2, 0) is 23.8 Å². The van der Waals surface area contributed by atoms with Gasteiger partial charge in [-0.25, -0.2) is 0 Å². The molecule has 1 heterocycles. The van der Waals surface area contributed by atoms with Crippen molar-refractivity contribution in [1.82, 2.24) is 10.2 Å². The zero-order chi connectivity index (χ0) is 21.6. The SMILES string of the molecule is CC(C)CCC(=O)C1CC(O)CN1C(=O)COCCOCCOCCNC(C)C. The normalized spacial score (nSPS) is 19.5. The lowest BCUT2D eigenvalue weighted by Crippen LogP contribution is -2.42. The lowest BCUT2D eigenvalue weighted by Gasteiger charge is -2.23. The lowest BCUT2D eigenvalue weighted by molar-refractivity contribution is -0.142. The van der Waals surface area contributed by atoms with Crippen LogP contribution in [0.1, 0.15) is 47.0 Å². The number of carbonyl (C=O) groups is 2. The molecular weight excluding hydrogens is 376 g/mol. The van der Waals surface area contributed by atoms with Crippen LogP contribution in [0.5, 0.6) is 0 Å². The number of hydrogen-bond acceptors (Lipinski definition) is 7. The van der Waals surface area contributed by atoms with Crippen LogP contribution in [0.3, 0.4) is 0 Å². The van der Waals surface area contributed by atoms with E-state index in [0.29, 0.717) is 57.8 Å². The number of ether oxygens (including phenoxy) is 3. The predicted octanol–water partition coefficient (Wildman–Crippen LogP) is 1.00. The average molecular weight is 417 g/mol. The third-order valence-corrected chi connectivity index (χ3v) is 4.71. The second-order valence-corrected chi connectivity index (χ2v) is 8.24. The third-order valence-electron chi connectivity index (χ3n) is 4.71. The number of nitrogens with one attached hydrogen (secondary N) is 1. The molecule has 2 N–H and O–H groups in total. The van der Waals surface area contributed by atoms with Crippen LogP contribution in [0.2, 0.25) is 0 Å². The van der Waals surface area contributed by atoms with E-state index in [4.69, 9.17) is 14.2 Å². The summed E-state index contributed by atoms with van der Waals surface area (Å²) in [5, 5.41) is 13.2. The fraction of sp³-hybridized carbons (Fsp3) is 0.905. The number of nitrogens with zero attached hydrogens (tertiary/aromatic N) is 1. The molecule has 0 bridgehead atoms. The fourth-order valence-electron chi connectivity index (χ4n) is 3.09. The Hall–Kier alpha value is -1.06. The van der Waals surface area contributed by atoms with Gasteiger partial charge in [-0.15, -0.1) is 0 Å². The van der Waals surface area contributed by atoms with Crippen LogP contribution >= 0.6 is 0 Å². The van der Waals surface area contributed by atoms with Gasteiger partial charge in [0.05, 0.1) is 45.2 Å². The number of Topliss-reactive ketones (excluding diaryl/α,β-unsaturated/α-hetero) is 1. The van der Waals surface area contributed by atoms with Gasteiger partial charge in [-0.3, -0.25) is 9.59 Å². The van der Waals surface area contributed by atoms with Gasteiger partial charge in [0.2, 0.25) is 5.91 Å². The quantitative estimate of drug-likeness (QED) is 0.362. The number of β-amino-alcohol motifs (C(OH)–C–C–N with tert-alkyl or cyclic N) is 1. The first-order chi connectivity index (χ1) is 13.8. The van der Waals surface area contributed by atoms with E-state index >= 15 is 0 Å². The number of ketones is 1. The van der Waals surface area contributed by atoms with Gasteiger partial charge in [0.15, 0.2) is 5.78 Å². The summed E-state index contributed by atoms with van der Waals surface area (Å²) in [7, 11) is 0. The standard InChI is InChI=1S/C21H40N2O6/c1-16(2)5-6-20(25)19-13-18(24)14-23(19)21(26)15-29-12-11-28-10-9-27-8-7-22-17(3)4/h16-19,22,24H,5-15H2,1-4H3. The number of aliphatic hydroxyl groups is 1. The van der Waals surface area contributed by atoms with Gasteiger partial charge in [0.1, 0.15) is 6.61 Å². The summed E-state index contributed by atoms with van der Waals surface area (Å²) >= 11 is 0. The topological polar surface area (TPSA) is 97.3 Å². The van der Waals surface area contributed by atoms with Crippen molar-refractivity contribution in [2.45, 2.75) is 65.1 Å². The average Bonchev–Trinajstić information content (AvgIpc) is 3.05. The van der Waals surface area contributed by atoms with E-state index in [1.54, 1.807) is 0 Å². The second-order valence-electron chi connectivity index (χ2n) is 8.24. The maximum absolute atomic E-state index is 12.4. The van der Waals surface area contributed by atoms with Gasteiger partial charge in [0, 0.05) is 32.0 Å². The van der Waals surface area contributed by atoms with E-state index in [1.807, 2.05) is 0 Å². The van der Waals surface area contributed by atoms with Gasteiger partial charge >= 0.3 is 0 Å². The van der Waals surface area contributed by atoms with E-state index in [-0.39, 0.29) is 24.8 Å². The summed E-state index contributed by atoms with van der Waals surface area (Å²) in [5.41, 5.74) is 0. The summed E-state index contributed by atoms with van der Waals surface area (Å²) in [6.07, 6.45) is 0.895. The second kappa shape index (κ2) is 14.8. The van der Waals surface area contributed by atoms with Gasteiger partial charge in [0.25, 0.3) is 0 Å². The highest BCUT2D eigenvalue weighted by Crippen LogP contribution is 2.21. The van der Waals surface area contributed by atoms with E-state index in [1.165, 1.54) is 4.90 Å². The number of hydrogen-bond donors (Lipinski definition) is 2. The highest BCUT2D eigenvalue weighted by molar-refractivity contribution is 5.90. The van der Waals surface area contributed by atoms with Crippen molar-refractivity contribution in [3.05, 3.63) is 0 Å². The number of rotatable bonds is 16. The van der Waals surface area contributed by atoms with Crippen molar-refractivity contribution >= 4 is 11.7 Å². The lowest BCUT2D eigenvalue weighted by atomic mass is 10.00. The molecule has 29 heavy (non-hydrogen) atoms. The minimum atomic E-state index is -0.647. The first-order valence-electron chi connectivity index (χ1n) is 10.8. The van der Waals surface area contributed by atoms with Crippen molar-refractivity contribution < 1.29 is 28.9 Å². The molecule has 2 atom stereocenters. The largest absolute Gasteiger partial charge is 0.391 e. The zero-order valence-electron chi connectivity index (χ0n) is 18.5. The summed E-state index contributed by atoms with van der Waals surface area (Å²) < 4.78 is 16.2. The van der Waals surface area contributed by atoms with Crippen LogP contribution in [-0.4, -0.2) is 92.6 Å². The Morgan fingerprint density at radius 3 is 2.28 bits per heavy atom. The molecule has 0 aromatic heterocycles. The van der Waals surface area contributed by atoms with Crippen molar-refractivity contribution in [3.63, 3.8) is 0 Å². The molecule has 1 rings (SSSR count). The highest BCUT2D eigenvalue weighted by Gasteiger charge is 2.38. The number of likely N-dealkylation sites (tertiary alicyclic amines) is 1. The van der Waals surface area contributed by atoms with Crippen molar-refractivity contribution in [2.75, 3.05) is 52.7 Å². The van der Waals surface area contributed by atoms with Gasteiger partial charge in [-0.2, -0.15) is 0 Å². The summed E-state index contributed by atoms with van der Waals surface area (Å²) in [6.45, 7) is 11.5. The maximum Gasteiger partial charge on any atom is 0.249 e. The van der Waals surface area contributed by atoms with Crippen LogP contribution in [0.25, 0.3) is 0 Å². The van der Waals surface area contributed by atoms with Gasteiger partial charge in [-0.1, -0.05) is 27.7 Å². The van der Waals surface area contributed by atoms with Crippen molar-refractivity contribution in [3.8, 4) is 0 Å². The Bertz CT molecular complexity index is 472. The summed E-state index contributed by atoms with van der Waals surface area (Å²) in [4.78, 5) is 26.3. The van der Waals surface area contributed by atoms with Gasteiger partial charge in [-0.05, 0) is 12.3 Å². The molecule has 0 radical (unpaired) electrons. The third kappa shape index (κ3) is 11.6. The minimum absolute atomic E-state index is 0.0236. The molecule has 0 saturated carbocycles. The smallest absolute Gasteiger partial charge is 0.249 e. The van der Waals surface area contributed by atoms with Crippen LogP contribution in [0.4, 0.5) is 0 Å². The molecule has 1 saturated heterocycles. The van der Waals surface area contributed by atoms with E-state index < -0.39 is 12.1 Å². The Balaban J connectivity index is 2.13. The Kier molecular flexibility index (Phi) is 13.3. The summed E-state index contributed by atoms with van der Waals surface area (Å²) in [5.74, 6) is 0.195. The van der Waals surface area contributed by atoms with Crippen molar-refractivity contribution in [2.24, 2.45) is 5.92 Å². The molecule has 0 aromatic rings. The molecule has 1 amide bonds. The molecule has 0 aromatic carbocycles. The molecule has 8 heteroatoms. The summed E-state index contributed by atoms with van der Waals surface area (Å²) in [6, 6.07) is -0.0783.